The van der Waals surface area contributed by atoms with Gasteiger partial charge < -0.3 is 4.74 Å². The van der Waals surface area contributed by atoms with Crippen LogP contribution in [0.25, 0.3) is 6.08 Å². The molecule has 0 fully saturated rings. The highest BCUT2D eigenvalue weighted by Gasteiger charge is 2.09. The van der Waals surface area contributed by atoms with Gasteiger partial charge in [-0.2, -0.15) is 0 Å². The second kappa shape index (κ2) is 7.70. The van der Waals surface area contributed by atoms with E-state index < -0.39 is 24.2 Å². The second-order valence-corrected chi connectivity index (χ2v) is 5.29. The first-order valence-electron chi connectivity index (χ1n) is 6.85. The molecule has 0 saturated heterocycles. The summed E-state index contributed by atoms with van der Waals surface area (Å²) in [5, 5.41) is 0.599. The molecule has 118 valence electrons. The van der Waals surface area contributed by atoms with Crippen LogP contribution in [0.3, 0.4) is 0 Å². The molecule has 0 amide bonds. The van der Waals surface area contributed by atoms with Crippen LogP contribution in [0.1, 0.15) is 21.5 Å². The standard InChI is InChI=1S/C18H14ClFO3/c1-12-5-6-13(9-16(12)19)7-8-18(22)23-11-17(21)14-3-2-4-15(20)10-14/h2-10H,11H2,1H3/b8-7+. The van der Waals surface area contributed by atoms with Crippen molar-refractivity contribution < 1.29 is 18.7 Å². The van der Waals surface area contributed by atoms with Crippen molar-refractivity contribution in [3.63, 3.8) is 0 Å². The highest BCUT2D eigenvalue weighted by molar-refractivity contribution is 6.31. The molecule has 2 rings (SSSR count). The number of ether oxygens (including phenoxy) is 1. The number of hydrogen-bond acceptors (Lipinski definition) is 3. The van der Waals surface area contributed by atoms with Crippen LogP contribution in [-0.2, 0) is 9.53 Å². The molecule has 0 aliphatic heterocycles. The number of hydrogen-bond donors (Lipinski definition) is 0. The third-order valence-electron chi connectivity index (χ3n) is 3.10. The van der Waals surface area contributed by atoms with Crippen LogP contribution in [0.5, 0.6) is 0 Å². The fourth-order valence-electron chi connectivity index (χ4n) is 1.81. The molecule has 2 aromatic carbocycles. The van der Waals surface area contributed by atoms with E-state index in [4.69, 9.17) is 16.3 Å². The van der Waals surface area contributed by atoms with E-state index in [-0.39, 0.29) is 5.56 Å². The van der Waals surface area contributed by atoms with Crippen LogP contribution in [0.4, 0.5) is 4.39 Å². The molecule has 5 heteroatoms. The van der Waals surface area contributed by atoms with E-state index in [0.717, 1.165) is 17.2 Å². The lowest BCUT2D eigenvalue weighted by atomic mass is 10.1. The minimum absolute atomic E-state index is 0.159. The summed E-state index contributed by atoms with van der Waals surface area (Å²) in [6.45, 7) is 1.43. The van der Waals surface area contributed by atoms with Crippen LogP contribution < -0.4 is 0 Å². The molecule has 0 N–H and O–H groups in total. The fraction of sp³-hybridized carbons (Fsp3) is 0.111. The smallest absolute Gasteiger partial charge is 0.331 e. The largest absolute Gasteiger partial charge is 0.454 e. The van der Waals surface area contributed by atoms with Crippen molar-refractivity contribution in [2.45, 2.75) is 6.92 Å². The van der Waals surface area contributed by atoms with Crippen LogP contribution in [0.15, 0.2) is 48.5 Å². The molecular weight excluding hydrogens is 319 g/mol. The molecule has 2 aromatic rings. The van der Waals surface area contributed by atoms with E-state index >= 15 is 0 Å². The molecule has 0 radical (unpaired) electrons. The van der Waals surface area contributed by atoms with Gasteiger partial charge in [0, 0.05) is 16.7 Å². The topological polar surface area (TPSA) is 43.4 Å². The maximum atomic E-state index is 13.0. The predicted octanol–water partition coefficient (Wildman–Crippen LogP) is 4.23. The predicted molar refractivity (Wildman–Crippen MR) is 86.9 cm³/mol. The van der Waals surface area contributed by atoms with Gasteiger partial charge in [-0.15, -0.1) is 0 Å². The number of halogens is 2. The van der Waals surface area contributed by atoms with Gasteiger partial charge in [-0.3, -0.25) is 4.79 Å². The van der Waals surface area contributed by atoms with Crippen molar-refractivity contribution in [1.29, 1.82) is 0 Å². The summed E-state index contributed by atoms with van der Waals surface area (Å²) >= 11 is 5.99. The van der Waals surface area contributed by atoms with Gasteiger partial charge >= 0.3 is 5.97 Å². The first-order chi connectivity index (χ1) is 11.0. The normalized spacial score (nSPS) is 10.7. The summed E-state index contributed by atoms with van der Waals surface area (Å²) in [6, 6.07) is 10.6. The summed E-state index contributed by atoms with van der Waals surface area (Å²) in [5.74, 6) is -1.64. The van der Waals surface area contributed by atoms with Gasteiger partial charge in [0.15, 0.2) is 12.4 Å². The lowest BCUT2D eigenvalue weighted by Gasteiger charge is -2.02. The highest BCUT2D eigenvalue weighted by Crippen LogP contribution is 2.17. The Kier molecular flexibility index (Phi) is 5.66. The van der Waals surface area contributed by atoms with Crippen molar-refractivity contribution in [2.24, 2.45) is 0 Å². The van der Waals surface area contributed by atoms with E-state index in [1.54, 1.807) is 12.1 Å². The lowest BCUT2D eigenvalue weighted by molar-refractivity contribution is -0.136. The number of ketones is 1. The number of carbonyl (C=O) groups excluding carboxylic acids is 2. The molecular formula is C18H14ClFO3. The Morgan fingerprint density at radius 3 is 2.70 bits per heavy atom. The molecule has 0 unspecified atom stereocenters. The molecule has 0 aliphatic carbocycles. The zero-order valence-electron chi connectivity index (χ0n) is 12.4. The van der Waals surface area contributed by atoms with Crippen molar-refractivity contribution in [3.05, 3.63) is 76.1 Å². The monoisotopic (exact) mass is 332 g/mol. The summed E-state index contributed by atoms with van der Waals surface area (Å²) in [4.78, 5) is 23.4. The molecule has 0 heterocycles. The van der Waals surface area contributed by atoms with E-state index in [9.17, 15) is 14.0 Å². The van der Waals surface area contributed by atoms with Crippen LogP contribution in [-0.4, -0.2) is 18.4 Å². The Bertz CT molecular complexity index is 769. The Labute approximate surface area is 138 Å². The van der Waals surface area contributed by atoms with E-state index in [0.29, 0.717) is 5.02 Å². The summed E-state index contributed by atoms with van der Waals surface area (Å²) in [6.07, 6.45) is 2.75. The Morgan fingerprint density at radius 2 is 2.00 bits per heavy atom. The fourth-order valence-corrected chi connectivity index (χ4v) is 2.00. The molecule has 0 aromatic heterocycles. The molecule has 0 atom stereocenters. The maximum Gasteiger partial charge on any atom is 0.331 e. The van der Waals surface area contributed by atoms with Gasteiger partial charge in [-0.1, -0.05) is 35.9 Å². The van der Waals surface area contributed by atoms with E-state index in [2.05, 4.69) is 0 Å². The second-order valence-electron chi connectivity index (χ2n) is 4.88. The lowest BCUT2D eigenvalue weighted by Crippen LogP contribution is -2.12. The third kappa shape index (κ3) is 5.04. The van der Waals surface area contributed by atoms with Crippen molar-refractivity contribution in [1.82, 2.24) is 0 Å². The third-order valence-corrected chi connectivity index (χ3v) is 3.51. The maximum absolute atomic E-state index is 13.0. The Balaban J connectivity index is 1.90. The molecule has 0 spiro atoms. The van der Waals surface area contributed by atoms with E-state index in [1.807, 2.05) is 19.1 Å². The minimum atomic E-state index is -0.661. The number of Topliss-reactive ketones (excluding diaryl/α,β-unsaturated/α-hetero) is 1. The average Bonchev–Trinajstić information content (AvgIpc) is 2.53. The van der Waals surface area contributed by atoms with Gasteiger partial charge in [-0.25, -0.2) is 9.18 Å². The number of aryl methyl sites for hydroxylation is 1. The number of carbonyl (C=O) groups is 2. The first kappa shape index (κ1) is 16.9. The molecule has 23 heavy (non-hydrogen) atoms. The average molecular weight is 333 g/mol. The number of rotatable bonds is 5. The van der Waals surface area contributed by atoms with E-state index in [1.165, 1.54) is 24.3 Å². The number of esters is 1. The zero-order chi connectivity index (χ0) is 16.8. The number of benzene rings is 2. The minimum Gasteiger partial charge on any atom is -0.454 e. The van der Waals surface area contributed by atoms with Gasteiger partial charge in [0.1, 0.15) is 5.82 Å². The summed E-state index contributed by atoms with van der Waals surface area (Å²) in [7, 11) is 0. The Hall–Kier alpha value is -2.46. The van der Waals surface area contributed by atoms with Gasteiger partial charge in [0.25, 0.3) is 0 Å². The van der Waals surface area contributed by atoms with Gasteiger partial charge in [-0.05, 0) is 42.3 Å². The van der Waals surface area contributed by atoms with Crippen LogP contribution >= 0.6 is 11.6 Å². The summed E-state index contributed by atoms with van der Waals surface area (Å²) < 4.78 is 17.9. The zero-order valence-corrected chi connectivity index (χ0v) is 13.1. The Morgan fingerprint density at radius 1 is 1.22 bits per heavy atom. The molecule has 0 saturated carbocycles. The SMILES string of the molecule is Cc1ccc(/C=C/C(=O)OCC(=O)c2cccc(F)c2)cc1Cl. The highest BCUT2D eigenvalue weighted by atomic mass is 35.5. The van der Waals surface area contributed by atoms with Crippen LogP contribution in [0.2, 0.25) is 5.02 Å². The van der Waals surface area contributed by atoms with Crippen molar-refractivity contribution >= 4 is 29.4 Å². The van der Waals surface area contributed by atoms with Gasteiger partial charge in [0.05, 0.1) is 0 Å². The molecule has 3 nitrogen and oxygen atoms in total. The van der Waals surface area contributed by atoms with Crippen molar-refractivity contribution in [2.75, 3.05) is 6.61 Å². The van der Waals surface area contributed by atoms with Gasteiger partial charge in [0.2, 0.25) is 0 Å². The van der Waals surface area contributed by atoms with Crippen molar-refractivity contribution in [3.8, 4) is 0 Å². The quantitative estimate of drug-likeness (QED) is 0.467. The summed E-state index contributed by atoms with van der Waals surface area (Å²) in [5.41, 5.74) is 1.84. The van der Waals surface area contributed by atoms with Crippen LogP contribution in [0, 0.1) is 12.7 Å². The molecule has 0 bridgehead atoms. The first-order valence-corrected chi connectivity index (χ1v) is 7.23. The molecule has 0 aliphatic rings.